The van der Waals surface area contributed by atoms with Gasteiger partial charge in [0.05, 0.1) is 39.0 Å². The molecule has 0 bridgehead atoms. The summed E-state index contributed by atoms with van der Waals surface area (Å²) in [6.45, 7) is 7.00. The lowest BCUT2D eigenvalue weighted by molar-refractivity contribution is -0.150. The Morgan fingerprint density at radius 1 is 0.769 bits per heavy atom. The number of aliphatic hydroxyl groups is 1. The number of aliphatic hydroxyl groups excluding tert-OH is 1. The third-order valence-electron chi connectivity index (χ3n) is 8.72. The molecule has 1 aliphatic rings. The first-order valence-electron chi connectivity index (χ1n) is 17.7. The summed E-state index contributed by atoms with van der Waals surface area (Å²) in [5.41, 5.74) is 5.57. The fraction of sp³-hybridized carbons (Fsp3) is 0.357. The molecule has 0 saturated carbocycles. The molecule has 10 heteroatoms. The first-order chi connectivity index (χ1) is 25.3. The molecule has 0 amide bonds. The molecular formula is C42H47Cl4NO5. The van der Waals surface area contributed by atoms with E-state index in [1.807, 2.05) is 85.8 Å². The zero-order valence-electron chi connectivity index (χ0n) is 29.5. The highest BCUT2D eigenvalue weighted by molar-refractivity contribution is 6.31. The number of hydrogen-bond acceptors (Lipinski definition) is 6. The molecule has 52 heavy (non-hydrogen) atoms. The van der Waals surface area contributed by atoms with Gasteiger partial charge in [0.15, 0.2) is 0 Å². The van der Waals surface area contributed by atoms with Gasteiger partial charge in [-0.2, -0.15) is 0 Å². The summed E-state index contributed by atoms with van der Waals surface area (Å²) in [5.74, 6) is 0.146. The maximum atomic E-state index is 12.0. The molecule has 0 aliphatic carbocycles. The minimum absolute atomic E-state index is 0.00658. The van der Waals surface area contributed by atoms with Gasteiger partial charge in [-0.1, -0.05) is 101 Å². The molecule has 4 aromatic carbocycles. The Labute approximate surface area is 328 Å². The van der Waals surface area contributed by atoms with Crippen LogP contribution in [0.2, 0.25) is 20.1 Å². The Balaban J connectivity index is 0.000000251. The summed E-state index contributed by atoms with van der Waals surface area (Å²) in [7, 11) is 0. The van der Waals surface area contributed by atoms with Crippen LogP contribution >= 0.6 is 46.4 Å². The van der Waals surface area contributed by atoms with Crippen molar-refractivity contribution in [3.63, 3.8) is 0 Å². The van der Waals surface area contributed by atoms with Crippen molar-refractivity contribution in [1.82, 2.24) is 4.90 Å². The van der Waals surface area contributed by atoms with Gasteiger partial charge in [-0.3, -0.25) is 4.79 Å². The summed E-state index contributed by atoms with van der Waals surface area (Å²) in [4.78, 5) is 14.3. The number of benzene rings is 4. The molecule has 0 aromatic heterocycles. The van der Waals surface area contributed by atoms with Gasteiger partial charge in [0.1, 0.15) is 0 Å². The normalized spacial score (nSPS) is 14.4. The van der Waals surface area contributed by atoms with E-state index >= 15 is 0 Å². The lowest BCUT2D eigenvalue weighted by atomic mass is 9.89. The van der Waals surface area contributed by atoms with Crippen LogP contribution in [0.4, 0.5) is 0 Å². The van der Waals surface area contributed by atoms with Crippen molar-refractivity contribution in [1.29, 1.82) is 0 Å². The Morgan fingerprint density at radius 2 is 1.29 bits per heavy atom. The van der Waals surface area contributed by atoms with Crippen LogP contribution in [0.1, 0.15) is 54.4 Å². The lowest BCUT2D eigenvalue weighted by Crippen LogP contribution is -2.40. The third-order valence-corrected chi connectivity index (χ3v) is 9.73. The van der Waals surface area contributed by atoms with Crippen LogP contribution in [-0.2, 0) is 19.0 Å². The number of esters is 1. The van der Waals surface area contributed by atoms with Crippen molar-refractivity contribution in [2.24, 2.45) is 5.92 Å². The molecule has 0 spiro atoms. The largest absolute Gasteiger partial charge is 0.466 e. The molecule has 6 nitrogen and oxygen atoms in total. The number of nitrogens with zero attached hydrogens (tertiary/aromatic N) is 1. The molecule has 0 radical (unpaired) electrons. The van der Waals surface area contributed by atoms with Gasteiger partial charge in [0.25, 0.3) is 0 Å². The highest BCUT2D eigenvalue weighted by Crippen LogP contribution is 2.30. The Morgan fingerprint density at radius 3 is 1.79 bits per heavy atom. The number of hydrogen-bond donors (Lipinski definition) is 1. The molecule has 0 unspecified atom stereocenters. The van der Waals surface area contributed by atoms with Crippen LogP contribution in [0.15, 0.2) is 103 Å². The van der Waals surface area contributed by atoms with Gasteiger partial charge in [0, 0.05) is 45.7 Å². The second-order valence-corrected chi connectivity index (χ2v) is 14.1. The van der Waals surface area contributed by atoms with Crippen molar-refractivity contribution in [3.05, 3.63) is 145 Å². The monoisotopic (exact) mass is 785 g/mol. The van der Waals surface area contributed by atoms with Crippen molar-refractivity contribution in [3.8, 4) is 0 Å². The topological polar surface area (TPSA) is 68.2 Å². The number of rotatable bonds is 16. The second-order valence-electron chi connectivity index (χ2n) is 12.4. The van der Waals surface area contributed by atoms with E-state index in [0.29, 0.717) is 43.1 Å². The summed E-state index contributed by atoms with van der Waals surface area (Å²) < 4.78 is 16.5. The van der Waals surface area contributed by atoms with Crippen molar-refractivity contribution >= 4 is 57.9 Å². The zero-order chi connectivity index (χ0) is 37.1. The molecule has 1 heterocycles. The molecule has 278 valence electrons. The number of halogens is 4. The number of likely N-dealkylation sites (tertiary alicyclic amines) is 1. The maximum absolute atomic E-state index is 12.0. The predicted molar refractivity (Wildman–Crippen MR) is 214 cm³/mol. The average molecular weight is 788 g/mol. The Hall–Kier alpha value is -2.91. The molecule has 4 aromatic rings. The van der Waals surface area contributed by atoms with Crippen LogP contribution in [0.5, 0.6) is 0 Å². The number of carbonyl (C=O) groups is 1. The first-order valence-corrected chi connectivity index (χ1v) is 19.2. The van der Waals surface area contributed by atoms with Crippen LogP contribution in [0.25, 0.3) is 5.57 Å². The average Bonchev–Trinajstić information content (AvgIpc) is 3.16. The summed E-state index contributed by atoms with van der Waals surface area (Å²) >= 11 is 24.0. The van der Waals surface area contributed by atoms with Gasteiger partial charge in [-0.05, 0) is 109 Å². The first kappa shape index (κ1) is 41.8. The molecular weight excluding hydrogens is 740 g/mol. The smallest absolute Gasteiger partial charge is 0.310 e. The van der Waals surface area contributed by atoms with Crippen LogP contribution < -0.4 is 0 Å². The summed E-state index contributed by atoms with van der Waals surface area (Å²) in [5, 5.41) is 11.6. The molecule has 1 fully saturated rings. The van der Waals surface area contributed by atoms with Crippen LogP contribution in [0, 0.1) is 5.92 Å². The van der Waals surface area contributed by atoms with E-state index in [2.05, 4.69) is 29.2 Å². The van der Waals surface area contributed by atoms with E-state index in [0.717, 1.165) is 65.6 Å². The van der Waals surface area contributed by atoms with Gasteiger partial charge in [-0.15, -0.1) is 0 Å². The van der Waals surface area contributed by atoms with Gasteiger partial charge >= 0.3 is 5.97 Å². The third kappa shape index (κ3) is 14.1. The van der Waals surface area contributed by atoms with Crippen molar-refractivity contribution in [2.45, 2.75) is 32.1 Å². The molecule has 1 atom stereocenters. The van der Waals surface area contributed by atoms with Crippen LogP contribution in [-0.4, -0.2) is 75.3 Å². The molecule has 1 aliphatic heterocycles. The second kappa shape index (κ2) is 23.0. The lowest BCUT2D eigenvalue weighted by Gasteiger charge is -2.31. The number of carbonyl (C=O) groups excluding carboxylic acids is 1. The van der Waals surface area contributed by atoms with Gasteiger partial charge in [0.2, 0.25) is 0 Å². The fourth-order valence-electron chi connectivity index (χ4n) is 6.08. The van der Waals surface area contributed by atoms with E-state index in [1.165, 1.54) is 11.1 Å². The van der Waals surface area contributed by atoms with Crippen molar-refractivity contribution < 1.29 is 24.1 Å². The maximum Gasteiger partial charge on any atom is 0.310 e. The highest BCUT2D eigenvalue weighted by atomic mass is 35.5. The summed E-state index contributed by atoms with van der Waals surface area (Å²) in [6, 6.07) is 31.3. The Bertz CT molecular complexity index is 1560. The van der Waals surface area contributed by atoms with Crippen LogP contribution in [0.3, 0.4) is 0 Å². The minimum atomic E-state index is -0.0677. The van der Waals surface area contributed by atoms with E-state index < -0.39 is 0 Å². The molecule has 1 N–H and O–H groups in total. The Kier molecular flexibility index (Phi) is 18.5. The van der Waals surface area contributed by atoms with E-state index in [4.69, 9.17) is 65.7 Å². The zero-order valence-corrected chi connectivity index (χ0v) is 32.5. The predicted octanol–water partition coefficient (Wildman–Crippen LogP) is 10.2. The van der Waals surface area contributed by atoms with Gasteiger partial charge in [-0.25, -0.2) is 0 Å². The van der Waals surface area contributed by atoms with Gasteiger partial charge < -0.3 is 24.2 Å². The quantitative estimate of drug-likeness (QED) is 0.0901. The number of ether oxygens (including phenoxy) is 3. The molecule has 5 rings (SSSR count). The standard InChI is InChI=1S/C25H31Cl2NO3.C17H16Cl2O2/c1-2-31-25(29)21-4-3-14-28(18-21)15-17-30-16-13-24(19-5-9-22(26)10-6-19)20-7-11-23(27)12-8-20;18-15-5-1-13(2-6-15)17(9-11-21-12-10-20)14-3-7-16(19)8-4-14/h5-12,21,24H,2-4,13-18H2,1H3;1-9,20H,10-12H2/t21-;/m1./s1. The number of piperidine rings is 1. The van der Waals surface area contributed by atoms with E-state index in [1.54, 1.807) is 0 Å². The fourth-order valence-corrected chi connectivity index (χ4v) is 6.58. The minimum Gasteiger partial charge on any atom is -0.466 e. The molecule has 1 saturated heterocycles. The van der Waals surface area contributed by atoms with Crippen molar-refractivity contribution in [2.75, 3.05) is 59.3 Å². The van der Waals surface area contributed by atoms with E-state index in [9.17, 15) is 4.79 Å². The highest BCUT2D eigenvalue weighted by Gasteiger charge is 2.26. The van der Waals surface area contributed by atoms with E-state index in [-0.39, 0.29) is 24.4 Å². The summed E-state index contributed by atoms with van der Waals surface area (Å²) in [6.07, 6.45) is 4.80. The SMILES string of the molecule is CCOC(=O)[C@@H]1CCCN(CCOCCC(c2ccc(Cl)cc2)c2ccc(Cl)cc2)C1.OCCOCC=C(c1ccc(Cl)cc1)c1ccc(Cl)cc1.